The molecule has 1 N–H and O–H groups in total. The number of carbonyl (C=O) groups is 3. The SMILES string of the molecule is CC(=O)OCC1=C(OC(C)=O)C(OC(C)=O)[C@H](n2cnc3c(=O)[nH]cnc32)O1. The molecule has 2 atom stereocenters. The Morgan fingerprint density at radius 3 is 2.57 bits per heavy atom. The van der Waals surface area contributed by atoms with Crippen LogP contribution in [-0.2, 0) is 33.3 Å². The number of esters is 3. The third kappa shape index (κ3) is 3.70. The minimum Gasteiger partial charge on any atom is -0.463 e. The van der Waals surface area contributed by atoms with E-state index in [0.717, 1.165) is 6.92 Å². The van der Waals surface area contributed by atoms with Crippen molar-refractivity contribution in [2.24, 2.45) is 0 Å². The molecule has 0 saturated carbocycles. The van der Waals surface area contributed by atoms with Crippen LogP contribution in [0.1, 0.15) is 27.0 Å². The van der Waals surface area contributed by atoms with Gasteiger partial charge in [0.05, 0.1) is 6.33 Å². The lowest BCUT2D eigenvalue weighted by atomic mass is 10.2. The largest absolute Gasteiger partial charge is 0.463 e. The number of hydrogen-bond acceptors (Lipinski definition) is 10. The number of hydrogen-bond donors (Lipinski definition) is 1. The normalized spacial score (nSPS) is 18.7. The van der Waals surface area contributed by atoms with Gasteiger partial charge in [-0.25, -0.2) is 9.97 Å². The summed E-state index contributed by atoms with van der Waals surface area (Å²) in [6.07, 6.45) is 0.154. The molecule has 2 aromatic rings. The Bertz CT molecular complexity index is 1040. The molecule has 0 fully saturated rings. The molecular formula is C16H16N4O8. The van der Waals surface area contributed by atoms with Crippen molar-refractivity contribution < 1.29 is 33.3 Å². The van der Waals surface area contributed by atoms with Gasteiger partial charge in [0, 0.05) is 20.8 Å². The lowest BCUT2D eigenvalue weighted by Crippen LogP contribution is -2.29. The molecule has 0 amide bonds. The number of imidazole rings is 1. The molecule has 0 spiro atoms. The van der Waals surface area contributed by atoms with Gasteiger partial charge >= 0.3 is 17.9 Å². The van der Waals surface area contributed by atoms with E-state index in [9.17, 15) is 19.2 Å². The molecule has 0 aliphatic carbocycles. The lowest BCUT2D eigenvalue weighted by Gasteiger charge is -2.21. The molecule has 1 aliphatic rings. The molecule has 1 unspecified atom stereocenters. The number of aromatic amines is 1. The molecule has 0 radical (unpaired) electrons. The number of rotatable bonds is 5. The monoisotopic (exact) mass is 392 g/mol. The van der Waals surface area contributed by atoms with Crippen LogP contribution in [0.2, 0.25) is 0 Å². The van der Waals surface area contributed by atoms with E-state index in [-0.39, 0.29) is 29.3 Å². The Hall–Kier alpha value is -3.70. The van der Waals surface area contributed by atoms with Crippen LogP contribution in [0.5, 0.6) is 0 Å². The van der Waals surface area contributed by atoms with E-state index in [2.05, 4.69) is 15.0 Å². The van der Waals surface area contributed by atoms with E-state index in [4.69, 9.17) is 18.9 Å². The number of carbonyl (C=O) groups excluding carboxylic acids is 3. The first-order valence-electron chi connectivity index (χ1n) is 8.07. The van der Waals surface area contributed by atoms with E-state index in [1.807, 2.05) is 0 Å². The summed E-state index contributed by atoms with van der Waals surface area (Å²) in [6.45, 7) is 3.16. The van der Waals surface area contributed by atoms with E-state index in [0.29, 0.717) is 0 Å². The first-order valence-corrected chi connectivity index (χ1v) is 8.07. The van der Waals surface area contributed by atoms with Crippen LogP contribution in [0.25, 0.3) is 11.2 Å². The van der Waals surface area contributed by atoms with Crippen LogP contribution in [-0.4, -0.2) is 50.1 Å². The van der Waals surface area contributed by atoms with Crippen LogP contribution in [0.15, 0.2) is 29.0 Å². The van der Waals surface area contributed by atoms with Crippen molar-refractivity contribution in [3.05, 3.63) is 34.5 Å². The van der Waals surface area contributed by atoms with Crippen molar-refractivity contribution in [3.8, 4) is 0 Å². The Balaban J connectivity index is 2.06. The van der Waals surface area contributed by atoms with Gasteiger partial charge in [0.15, 0.2) is 29.3 Å². The van der Waals surface area contributed by atoms with Crippen molar-refractivity contribution in [3.63, 3.8) is 0 Å². The van der Waals surface area contributed by atoms with Gasteiger partial charge in [-0.3, -0.25) is 23.7 Å². The average molecular weight is 392 g/mol. The molecule has 0 bridgehead atoms. The van der Waals surface area contributed by atoms with Gasteiger partial charge in [-0.15, -0.1) is 0 Å². The fourth-order valence-corrected chi connectivity index (χ4v) is 2.64. The van der Waals surface area contributed by atoms with Gasteiger partial charge in [-0.05, 0) is 0 Å². The Labute approximate surface area is 157 Å². The van der Waals surface area contributed by atoms with Gasteiger partial charge in [-0.1, -0.05) is 0 Å². The highest BCUT2D eigenvalue weighted by Crippen LogP contribution is 2.37. The summed E-state index contributed by atoms with van der Waals surface area (Å²) in [7, 11) is 0. The van der Waals surface area contributed by atoms with Gasteiger partial charge in [0.25, 0.3) is 5.56 Å². The summed E-state index contributed by atoms with van der Waals surface area (Å²) in [6, 6.07) is 0. The topological polar surface area (TPSA) is 152 Å². The molecular weight excluding hydrogens is 376 g/mol. The predicted octanol–water partition coefficient (Wildman–Crippen LogP) is -0.0821. The number of nitrogens with one attached hydrogen (secondary N) is 1. The molecule has 148 valence electrons. The minimum atomic E-state index is -1.20. The fraction of sp³-hybridized carbons (Fsp3) is 0.375. The Morgan fingerprint density at radius 2 is 1.93 bits per heavy atom. The van der Waals surface area contributed by atoms with Crippen molar-refractivity contribution in [2.45, 2.75) is 33.1 Å². The van der Waals surface area contributed by atoms with Crippen LogP contribution >= 0.6 is 0 Å². The van der Waals surface area contributed by atoms with E-state index >= 15 is 0 Å². The minimum absolute atomic E-state index is 0.0201. The first-order chi connectivity index (χ1) is 13.3. The zero-order chi connectivity index (χ0) is 20.4. The quantitative estimate of drug-likeness (QED) is 0.540. The molecule has 28 heavy (non-hydrogen) atoms. The van der Waals surface area contributed by atoms with Crippen LogP contribution in [0.3, 0.4) is 0 Å². The highest BCUT2D eigenvalue weighted by molar-refractivity contribution is 5.70. The zero-order valence-electron chi connectivity index (χ0n) is 15.1. The average Bonchev–Trinajstić information content (AvgIpc) is 3.16. The molecule has 3 heterocycles. The molecule has 1 aliphatic heterocycles. The zero-order valence-corrected chi connectivity index (χ0v) is 15.1. The summed E-state index contributed by atoms with van der Waals surface area (Å²) in [5.41, 5.74) is -0.281. The van der Waals surface area contributed by atoms with E-state index < -0.39 is 35.8 Å². The third-order valence-electron chi connectivity index (χ3n) is 3.65. The summed E-state index contributed by atoms with van der Waals surface area (Å²) < 4.78 is 22.4. The van der Waals surface area contributed by atoms with E-state index in [1.165, 1.54) is 31.1 Å². The van der Waals surface area contributed by atoms with Crippen molar-refractivity contribution in [2.75, 3.05) is 6.61 Å². The van der Waals surface area contributed by atoms with Crippen molar-refractivity contribution in [1.29, 1.82) is 0 Å². The second kappa shape index (κ2) is 7.50. The second-order valence-electron chi connectivity index (χ2n) is 5.76. The second-order valence-corrected chi connectivity index (χ2v) is 5.76. The van der Waals surface area contributed by atoms with Gasteiger partial charge in [-0.2, -0.15) is 0 Å². The van der Waals surface area contributed by atoms with E-state index in [1.54, 1.807) is 0 Å². The standard InChI is InChI=1S/C16H16N4O8/c1-7(21)25-4-10-12(26-8(2)22)13(27-9(3)23)16(28-10)20-6-19-11-14(20)17-5-18-15(11)24/h5-6,13,16H,4H2,1-3H3,(H,17,18,24)/t13?,16-/m1/s1. The number of nitrogens with zero attached hydrogens (tertiary/aromatic N) is 3. The molecule has 3 rings (SSSR count). The lowest BCUT2D eigenvalue weighted by molar-refractivity contribution is -0.156. The maximum atomic E-state index is 11.9. The smallest absolute Gasteiger partial charge is 0.307 e. The molecule has 2 aromatic heterocycles. The summed E-state index contributed by atoms with van der Waals surface area (Å²) in [5.74, 6) is -2.10. The third-order valence-corrected chi connectivity index (χ3v) is 3.65. The molecule has 12 nitrogen and oxygen atoms in total. The van der Waals surface area contributed by atoms with Crippen LogP contribution in [0.4, 0.5) is 0 Å². The predicted molar refractivity (Wildman–Crippen MR) is 89.2 cm³/mol. The van der Waals surface area contributed by atoms with Crippen LogP contribution in [0, 0.1) is 0 Å². The van der Waals surface area contributed by atoms with Crippen LogP contribution < -0.4 is 5.56 Å². The van der Waals surface area contributed by atoms with Gasteiger partial charge in [0.2, 0.25) is 12.3 Å². The molecule has 0 saturated heterocycles. The number of ether oxygens (including phenoxy) is 4. The summed E-state index contributed by atoms with van der Waals surface area (Å²) in [4.78, 5) is 56.6. The number of aromatic nitrogens is 4. The molecule has 0 aromatic carbocycles. The Morgan fingerprint density at radius 1 is 1.18 bits per heavy atom. The van der Waals surface area contributed by atoms with Gasteiger partial charge < -0.3 is 23.9 Å². The maximum absolute atomic E-state index is 11.9. The van der Waals surface area contributed by atoms with Crippen molar-refractivity contribution in [1.82, 2.24) is 19.5 Å². The Kier molecular flexibility index (Phi) is 5.11. The highest BCUT2D eigenvalue weighted by atomic mass is 16.6. The fourth-order valence-electron chi connectivity index (χ4n) is 2.64. The molecule has 12 heteroatoms. The van der Waals surface area contributed by atoms with Gasteiger partial charge in [0.1, 0.15) is 6.33 Å². The first kappa shape index (κ1) is 19.1. The van der Waals surface area contributed by atoms with Crippen molar-refractivity contribution >= 4 is 29.1 Å². The number of fused-ring (bicyclic) bond motifs is 1. The maximum Gasteiger partial charge on any atom is 0.307 e. The number of H-pyrrole nitrogens is 1. The summed E-state index contributed by atoms with van der Waals surface area (Å²) in [5, 5.41) is 0. The highest BCUT2D eigenvalue weighted by Gasteiger charge is 2.44. The summed E-state index contributed by atoms with van der Waals surface area (Å²) >= 11 is 0.